The Morgan fingerprint density at radius 3 is 2.42 bits per heavy atom. The van der Waals surface area contributed by atoms with Crippen LogP contribution in [0.1, 0.15) is 37.8 Å². The van der Waals surface area contributed by atoms with Crippen LogP contribution in [-0.2, 0) is 27.4 Å². The zero-order valence-electron chi connectivity index (χ0n) is 15.7. The van der Waals surface area contributed by atoms with Crippen molar-refractivity contribution in [2.24, 2.45) is 0 Å². The van der Waals surface area contributed by atoms with Crippen molar-refractivity contribution in [1.29, 1.82) is 0 Å². The maximum absolute atomic E-state index is 12.0. The molecule has 0 bridgehead atoms. The molecule has 2 unspecified atom stereocenters. The van der Waals surface area contributed by atoms with E-state index in [4.69, 9.17) is 4.74 Å². The highest BCUT2D eigenvalue weighted by Gasteiger charge is 2.23. The molecule has 2 atom stereocenters. The van der Waals surface area contributed by atoms with Gasteiger partial charge in [-0.05, 0) is 31.4 Å². The van der Waals surface area contributed by atoms with E-state index in [0.717, 1.165) is 31.6 Å². The molecule has 0 spiro atoms. The Balaban J connectivity index is 1.44. The van der Waals surface area contributed by atoms with Gasteiger partial charge in [0.05, 0.1) is 18.8 Å². The van der Waals surface area contributed by atoms with Crippen molar-refractivity contribution in [3.8, 4) is 0 Å². The van der Waals surface area contributed by atoms with Crippen molar-refractivity contribution in [2.45, 2.75) is 52.0 Å². The average molecular weight is 359 g/mol. The van der Waals surface area contributed by atoms with Gasteiger partial charge in [-0.1, -0.05) is 24.3 Å². The zero-order valence-corrected chi connectivity index (χ0v) is 15.7. The Kier molecular flexibility index (Phi) is 6.27. The number of hydrogen-bond donors (Lipinski definition) is 1. The largest absolute Gasteiger partial charge is 0.373 e. The molecule has 6 nitrogen and oxygen atoms in total. The molecule has 26 heavy (non-hydrogen) atoms. The molecule has 0 aromatic heterocycles. The highest BCUT2D eigenvalue weighted by molar-refractivity contribution is 5.85. The van der Waals surface area contributed by atoms with Crippen LogP contribution in [0.3, 0.4) is 0 Å². The molecule has 2 aliphatic heterocycles. The van der Waals surface area contributed by atoms with Gasteiger partial charge < -0.3 is 15.0 Å². The summed E-state index contributed by atoms with van der Waals surface area (Å²) in [6, 6.07) is 8.36. The van der Waals surface area contributed by atoms with Gasteiger partial charge in [0.2, 0.25) is 11.8 Å². The number of carbonyl (C=O) groups excluding carboxylic acids is 2. The summed E-state index contributed by atoms with van der Waals surface area (Å²) in [6.45, 7) is 8.42. The molecule has 0 saturated carbocycles. The smallest absolute Gasteiger partial charge is 0.239 e. The van der Waals surface area contributed by atoms with Gasteiger partial charge in [-0.15, -0.1) is 0 Å². The first-order chi connectivity index (χ1) is 12.5. The Bertz CT molecular complexity index is 622. The average Bonchev–Trinajstić information content (AvgIpc) is 2.98. The van der Waals surface area contributed by atoms with E-state index >= 15 is 0 Å². The molecule has 2 heterocycles. The van der Waals surface area contributed by atoms with Crippen LogP contribution in [0, 0.1) is 0 Å². The molecular weight excluding hydrogens is 330 g/mol. The summed E-state index contributed by atoms with van der Waals surface area (Å²) in [6.07, 6.45) is 1.97. The van der Waals surface area contributed by atoms with Gasteiger partial charge in [0.25, 0.3) is 0 Å². The molecule has 6 heteroatoms. The van der Waals surface area contributed by atoms with Crippen molar-refractivity contribution in [1.82, 2.24) is 15.1 Å². The molecular formula is C20H29N3O3. The molecule has 2 aliphatic rings. The lowest BCUT2D eigenvalue weighted by Crippen LogP contribution is -2.44. The molecule has 1 aromatic carbocycles. The fraction of sp³-hybridized carbons (Fsp3) is 0.600. The van der Waals surface area contributed by atoms with Gasteiger partial charge >= 0.3 is 0 Å². The van der Waals surface area contributed by atoms with Gasteiger partial charge in [-0.3, -0.25) is 14.5 Å². The van der Waals surface area contributed by atoms with Gasteiger partial charge in [-0.25, -0.2) is 0 Å². The number of morpholine rings is 1. The lowest BCUT2D eigenvalue weighted by Gasteiger charge is -2.35. The van der Waals surface area contributed by atoms with Crippen LogP contribution in [0.2, 0.25) is 0 Å². The lowest BCUT2D eigenvalue weighted by atomic mass is 10.1. The quantitative estimate of drug-likeness (QED) is 0.837. The van der Waals surface area contributed by atoms with E-state index in [1.54, 1.807) is 4.90 Å². The zero-order chi connectivity index (χ0) is 18.5. The second kappa shape index (κ2) is 8.64. The summed E-state index contributed by atoms with van der Waals surface area (Å²) in [7, 11) is 0. The second-order valence-corrected chi connectivity index (χ2v) is 7.46. The fourth-order valence-electron chi connectivity index (χ4n) is 3.74. The maximum Gasteiger partial charge on any atom is 0.239 e. The monoisotopic (exact) mass is 359 g/mol. The molecule has 2 saturated heterocycles. The highest BCUT2D eigenvalue weighted by Crippen LogP contribution is 2.15. The predicted molar refractivity (Wildman–Crippen MR) is 99.4 cm³/mol. The van der Waals surface area contributed by atoms with E-state index in [-0.39, 0.29) is 30.6 Å². The van der Waals surface area contributed by atoms with E-state index in [2.05, 4.69) is 48.3 Å². The third kappa shape index (κ3) is 5.29. The normalized spacial score (nSPS) is 24.1. The Morgan fingerprint density at radius 1 is 1.15 bits per heavy atom. The Labute approximate surface area is 155 Å². The van der Waals surface area contributed by atoms with Crippen LogP contribution in [-0.4, -0.2) is 60.0 Å². The Hall–Kier alpha value is -1.92. The molecule has 2 fully saturated rings. The van der Waals surface area contributed by atoms with Gasteiger partial charge in [0.15, 0.2) is 0 Å². The summed E-state index contributed by atoms with van der Waals surface area (Å²) in [4.78, 5) is 27.6. The predicted octanol–water partition coefficient (Wildman–Crippen LogP) is 1.53. The third-order valence-corrected chi connectivity index (χ3v) is 4.92. The van der Waals surface area contributed by atoms with E-state index < -0.39 is 0 Å². The number of nitrogens with one attached hydrogen (secondary N) is 1. The lowest BCUT2D eigenvalue weighted by molar-refractivity contribution is -0.133. The molecule has 2 amide bonds. The molecule has 1 aromatic rings. The summed E-state index contributed by atoms with van der Waals surface area (Å²) >= 11 is 0. The number of likely N-dealkylation sites (tertiary alicyclic amines) is 1. The standard InChI is InChI=1S/C20H29N3O3/c1-15-11-22(12-16(2)26-15)13-18-7-5-17(6-8-18)10-21-19(24)14-23-9-3-4-20(23)25/h5-8,15-16H,3-4,9-14H2,1-2H3,(H,21,24). The van der Waals surface area contributed by atoms with E-state index in [9.17, 15) is 9.59 Å². The van der Waals surface area contributed by atoms with Crippen molar-refractivity contribution in [2.75, 3.05) is 26.2 Å². The van der Waals surface area contributed by atoms with Crippen molar-refractivity contribution in [3.63, 3.8) is 0 Å². The minimum absolute atomic E-state index is 0.0799. The minimum Gasteiger partial charge on any atom is -0.373 e. The van der Waals surface area contributed by atoms with Crippen molar-refractivity contribution < 1.29 is 14.3 Å². The number of carbonyl (C=O) groups is 2. The SMILES string of the molecule is CC1CN(Cc2ccc(CNC(=O)CN3CCCC3=O)cc2)CC(C)O1. The number of rotatable bonds is 6. The molecule has 3 rings (SSSR count). The van der Waals surface area contributed by atoms with Crippen LogP contribution in [0.5, 0.6) is 0 Å². The van der Waals surface area contributed by atoms with Crippen LogP contribution in [0.25, 0.3) is 0 Å². The van der Waals surface area contributed by atoms with Gasteiger partial charge in [0, 0.05) is 39.1 Å². The number of amides is 2. The van der Waals surface area contributed by atoms with Crippen LogP contribution < -0.4 is 5.32 Å². The van der Waals surface area contributed by atoms with Crippen molar-refractivity contribution >= 4 is 11.8 Å². The summed E-state index contributed by atoms with van der Waals surface area (Å²) in [5, 5.41) is 2.90. The fourth-order valence-corrected chi connectivity index (χ4v) is 3.74. The van der Waals surface area contributed by atoms with Gasteiger partial charge in [0.1, 0.15) is 0 Å². The Morgan fingerprint density at radius 2 is 1.81 bits per heavy atom. The van der Waals surface area contributed by atoms with E-state index in [0.29, 0.717) is 19.5 Å². The number of ether oxygens (including phenoxy) is 1. The summed E-state index contributed by atoms with van der Waals surface area (Å²) in [5.74, 6) is -0.0168. The molecule has 0 aliphatic carbocycles. The van der Waals surface area contributed by atoms with Crippen molar-refractivity contribution in [3.05, 3.63) is 35.4 Å². The maximum atomic E-state index is 12.0. The first kappa shape index (κ1) is 18.9. The van der Waals surface area contributed by atoms with E-state index in [1.165, 1.54) is 5.56 Å². The molecule has 0 radical (unpaired) electrons. The number of benzene rings is 1. The van der Waals surface area contributed by atoms with Crippen LogP contribution >= 0.6 is 0 Å². The number of nitrogens with zero attached hydrogens (tertiary/aromatic N) is 2. The molecule has 142 valence electrons. The second-order valence-electron chi connectivity index (χ2n) is 7.46. The molecule has 1 N–H and O–H groups in total. The first-order valence-corrected chi connectivity index (χ1v) is 9.49. The van der Waals surface area contributed by atoms with Gasteiger partial charge in [-0.2, -0.15) is 0 Å². The van der Waals surface area contributed by atoms with Crippen LogP contribution in [0.15, 0.2) is 24.3 Å². The van der Waals surface area contributed by atoms with E-state index in [1.807, 2.05) is 0 Å². The van der Waals surface area contributed by atoms with Crippen LogP contribution in [0.4, 0.5) is 0 Å². The summed E-state index contributed by atoms with van der Waals surface area (Å²) in [5.41, 5.74) is 2.34. The highest BCUT2D eigenvalue weighted by atomic mass is 16.5. The summed E-state index contributed by atoms with van der Waals surface area (Å²) < 4.78 is 5.78. The topological polar surface area (TPSA) is 61.9 Å². The first-order valence-electron chi connectivity index (χ1n) is 9.49. The third-order valence-electron chi connectivity index (χ3n) is 4.92. The number of hydrogen-bond acceptors (Lipinski definition) is 4. The minimum atomic E-state index is -0.0966.